The molecule has 1 aliphatic rings. The SMILES string of the molecule is CC(C)N(CC1CCCN(C(=O)CSCc2cc(=O)n3ccsc3n2)C1)C(=O)OC(C)(C)C. The highest BCUT2D eigenvalue weighted by Crippen LogP contribution is 2.22. The van der Waals surface area contributed by atoms with E-state index in [2.05, 4.69) is 4.98 Å². The molecule has 182 valence electrons. The monoisotopic (exact) mass is 494 g/mol. The molecule has 1 fully saturated rings. The van der Waals surface area contributed by atoms with Crippen molar-refractivity contribution in [3.8, 4) is 0 Å². The summed E-state index contributed by atoms with van der Waals surface area (Å²) >= 11 is 2.90. The Morgan fingerprint density at radius 1 is 1.36 bits per heavy atom. The van der Waals surface area contributed by atoms with Crippen LogP contribution in [0.25, 0.3) is 4.96 Å². The van der Waals surface area contributed by atoms with E-state index in [-0.39, 0.29) is 29.5 Å². The van der Waals surface area contributed by atoms with Gasteiger partial charge < -0.3 is 14.5 Å². The molecule has 3 rings (SSSR count). The van der Waals surface area contributed by atoms with Crippen LogP contribution < -0.4 is 5.56 Å². The standard InChI is InChI=1S/C23H34N4O4S2/c1-16(2)27(22(30)31-23(3,4)5)13-17-7-6-8-25(12-17)20(29)15-32-14-18-11-19(28)26-9-10-33-21(26)24-18/h9-11,16-17H,6-8,12-15H2,1-5H3. The fraction of sp³-hybridized carbons (Fsp3) is 0.652. The fourth-order valence-corrected chi connectivity index (χ4v) is 5.39. The number of rotatable bonds is 7. The van der Waals surface area contributed by atoms with Crippen molar-refractivity contribution < 1.29 is 14.3 Å². The molecule has 0 saturated carbocycles. The minimum Gasteiger partial charge on any atom is -0.444 e. The van der Waals surface area contributed by atoms with Crippen LogP contribution in [0.2, 0.25) is 0 Å². The molecule has 2 aromatic rings. The number of ether oxygens (including phenoxy) is 1. The summed E-state index contributed by atoms with van der Waals surface area (Å²) in [5, 5.41) is 1.83. The van der Waals surface area contributed by atoms with Gasteiger partial charge in [-0.05, 0) is 53.4 Å². The number of hydrogen-bond donors (Lipinski definition) is 0. The highest BCUT2D eigenvalue weighted by molar-refractivity contribution is 7.99. The number of aromatic nitrogens is 2. The van der Waals surface area contributed by atoms with Gasteiger partial charge in [0, 0.05) is 49.1 Å². The van der Waals surface area contributed by atoms with Crippen LogP contribution in [-0.4, -0.2) is 68.2 Å². The Hall–Kier alpha value is -2.07. The molecule has 8 nitrogen and oxygen atoms in total. The molecule has 33 heavy (non-hydrogen) atoms. The van der Waals surface area contributed by atoms with Crippen molar-refractivity contribution in [3.63, 3.8) is 0 Å². The van der Waals surface area contributed by atoms with E-state index in [1.165, 1.54) is 33.6 Å². The fourth-order valence-electron chi connectivity index (χ4n) is 3.83. The number of carbonyl (C=O) groups excluding carboxylic acids is 2. The van der Waals surface area contributed by atoms with Gasteiger partial charge in [-0.1, -0.05) is 0 Å². The lowest BCUT2D eigenvalue weighted by atomic mass is 9.97. The Bertz CT molecular complexity index is 1030. The van der Waals surface area contributed by atoms with Crippen molar-refractivity contribution in [2.24, 2.45) is 5.92 Å². The molecular weight excluding hydrogens is 460 g/mol. The van der Waals surface area contributed by atoms with Gasteiger partial charge >= 0.3 is 6.09 Å². The molecule has 0 bridgehead atoms. The van der Waals surface area contributed by atoms with Gasteiger partial charge in [0.1, 0.15) is 5.60 Å². The molecule has 0 N–H and O–H groups in total. The van der Waals surface area contributed by atoms with Crippen LogP contribution >= 0.6 is 23.1 Å². The first-order valence-corrected chi connectivity index (χ1v) is 13.4. The van der Waals surface area contributed by atoms with Crippen LogP contribution in [0.3, 0.4) is 0 Å². The van der Waals surface area contributed by atoms with E-state index in [4.69, 9.17) is 4.74 Å². The molecular formula is C23H34N4O4S2. The summed E-state index contributed by atoms with van der Waals surface area (Å²) < 4.78 is 7.10. The zero-order chi connectivity index (χ0) is 24.2. The molecule has 1 unspecified atom stereocenters. The highest BCUT2D eigenvalue weighted by Gasteiger charge is 2.30. The van der Waals surface area contributed by atoms with Gasteiger partial charge in [-0.25, -0.2) is 9.78 Å². The van der Waals surface area contributed by atoms with Gasteiger partial charge in [-0.3, -0.25) is 14.0 Å². The number of likely N-dealkylation sites (tertiary alicyclic amines) is 1. The maximum Gasteiger partial charge on any atom is 0.410 e. The third kappa shape index (κ3) is 7.20. The maximum atomic E-state index is 12.8. The lowest BCUT2D eigenvalue weighted by molar-refractivity contribution is -0.130. The van der Waals surface area contributed by atoms with Crippen LogP contribution in [0.5, 0.6) is 0 Å². The molecule has 2 aromatic heterocycles. The molecule has 0 spiro atoms. The quantitative estimate of drug-likeness (QED) is 0.581. The Labute approximate surface area is 203 Å². The first kappa shape index (κ1) is 25.6. The highest BCUT2D eigenvalue weighted by atomic mass is 32.2. The molecule has 2 amide bonds. The zero-order valence-electron chi connectivity index (χ0n) is 20.1. The summed E-state index contributed by atoms with van der Waals surface area (Å²) in [5.41, 5.74) is 0.0632. The number of nitrogens with zero attached hydrogens (tertiary/aromatic N) is 4. The Kier molecular flexibility index (Phi) is 8.44. The van der Waals surface area contributed by atoms with Crippen LogP contribution in [-0.2, 0) is 15.3 Å². The van der Waals surface area contributed by atoms with Crippen molar-refractivity contribution in [1.29, 1.82) is 0 Å². The second kappa shape index (κ2) is 10.9. The number of amides is 2. The molecule has 0 aromatic carbocycles. The van der Waals surface area contributed by atoms with Gasteiger partial charge in [-0.15, -0.1) is 23.1 Å². The predicted octanol–water partition coefficient (Wildman–Crippen LogP) is 3.87. The first-order valence-electron chi connectivity index (χ1n) is 11.3. The Balaban J connectivity index is 1.51. The van der Waals surface area contributed by atoms with E-state index in [0.717, 1.165) is 19.4 Å². The molecule has 0 aliphatic carbocycles. The minimum atomic E-state index is -0.537. The lowest BCUT2D eigenvalue weighted by Crippen LogP contribution is -2.48. The van der Waals surface area contributed by atoms with Crippen molar-refractivity contribution >= 4 is 40.1 Å². The topological polar surface area (TPSA) is 84.2 Å². The van der Waals surface area contributed by atoms with Crippen LogP contribution in [0, 0.1) is 5.92 Å². The number of piperidine rings is 1. The van der Waals surface area contributed by atoms with E-state index in [1.54, 1.807) is 11.1 Å². The van der Waals surface area contributed by atoms with Crippen molar-refractivity contribution in [1.82, 2.24) is 19.2 Å². The van der Waals surface area contributed by atoms with Gasteiger partial charge in [0.25, 0.3) is 5.56 Å². The molecule has 3 heterocycles. The Morgan fingerprint density at radius 2 is 2.12 bits per heavy atom. The zero-order valence-corrected chi connectivity index (χ0v) is 21.7. The second-order valence-electron chi connectivity index (χ2n) is 9.71. The molecule has 1 saturated heterocycles. The Morgan fingerprint density at radius 3 is 2.82 bits per heavy atom. The minimum absolute atomic E-state index is 0.0266. The van der Waals surface area contributed by atoms with E-state index in [0.29, 0.717) is 35.3 Å². The number of carbonyl (C=O) groups is 2. The maximum absolute atomic E-state index is 12.8. The smallest absolute Gasteiger partial charge is 0.410 e. The third-order valence-electron chi connectivity index (χ3n) is 5.41. The number of hydrogen-bond acceptors (Lipinski definition) is 7. The van der Waals surface area contributed by atoms with E-state index < -0.39 is 5.60 Å². The van der Waals surface area contributed by atoms with Crippen LogP contribution in [0.1, 0.15) is 53.2 Å². The van der Waals surface area contributed by atoms with Crippen molar-refractivity contribution in [3.05, 3.63) is 33.7 Å². The summed E-state index contributed by atoms with van der Waals surface area (Å²) in [6, 6.07) is 1.56. The molecule has 1 atom stereocenters. The van der Waals surface area contributed by atoms with Crippen LogP contribution in [0.15, 0.2) is 22.4 Å². The largest absolute Gasteiger partial charge is 0.444 e. The van der Waals surface area contributed by atoms with Crippen molar-refractivity contribution in [2.75, 3.05) is 25.4 Å². The summed E-state index contributed by atoms with van der Waals surface area (Å²) in [6.45, 7) is 11.5. The van der Waals surface area contributed by atoms with E-state index in [1.807, 2.05) is 44.9 Å². The van der Waals surface area contributed by atoms with E-state index >= 15 is 0 Å². The van der Waals surface area contributed by atoms with Gasteiger partial charge in [-0.2, -0.15) is 0 Å². The van der Waals surface area contributed by atoms with Gasteiger partial charge in [0.2, 0.25) is 5.91 Å². The molecule has 0 radical (unpaired) electrons. The third-order valence-corrected chi connectivity index (χ3v) is 7.12. The summed E-state index contributed by atoms with van der Waals surface area (Å²) in [6.07, 6.45) is 3.32. The van der Waals surface area contributed by atoms with Gasteiger partial charge in [0.15, 0.2) is 4.96 Å². The average molecular weight is 495 g/mol. The molecule has 1 aliphatic heterocycles. The van der Waals surface area contributed by atoms with Crippen LogP contribution in [0.4, 0.5) is 4.79 Å². The van der Waals surface area contributed by atoms with Crippen molar-refractivity contribution in [2.45, 2.75) is 64.9 Å². The number of thiazole rings is 1. The predicted molar refractivity (Wildman–Crippen MR) is 133 cm³/mol. The average Bonchev–Trinajstić information content (AvgIpc) is 3.20. The lowest BCUT2D eigenvalue weighted by Gasteiger charge is -2.37. The summed E-state index contributed by atoms with van der Waals surface area (Å²) in [4.78, 5) is 46.4. The molecule has 10 heteroatoms. The first-order chi connectivity index (χ1) is 15.5. The summed E-state index contributed by atoms with van der Waals surface area (Å²) in [7, 11) is 0. The van der Waals surface area contributed by atoms with Gasteiger partial charge in [0.05, 0.1) is 11.4 Å². The van der Waals surface area contributed by atoms with E-state index in [9.17, 15) is 14.4 Å². The number of fused-ring (bicyclic) bond motifs is 1. The number of thioether (sulfide) groups is 1. The second-order valence-corrected chi connectivity index (χ2v) is 11.6. The summed E-state index contributed by atoms with van der Waals surface area (Å²) in [5.74, 6) is 1.18. The normalized spacial score (nSPS) is 16.9.